The standard InChI is InChI=1S/C15H17N7OS/c1-9-11-4-10(5-16-12(11)21(3)20-9)13(23)18-15(2)6-22(7-15)14-19-17-8-24-14/h4-5,8H,6-7H2,1-3H3,(H,18,23). The van der Waals surface area contributed by atoms with Gasteiger partial charge in [0.2, 0.25) is 5.13 Å². The highest BCUT2D eigenvalue weighted by atomic mass is 32.1. The van der Waals surface area contributed by atoms with E-state index < -0.39 is 0 Å². The van der Waals surface area contributed by atoms with E-state index >= 15 is 0 Å². The van der Waals surface area contributed by atoms with Crippen LogP contribution in [0.5, 0.6) is 0 Å². The number of nitrogens with one attached hydrogen (secondary N) is 1. The molecule has 24 heavy (non-hydrogen) atoms. The van der Waals surface area contributed by atoms with Gasteiger partial charge in [-0.2, -0.15) is 5.10 Å². The SMILES string of the molecule is Cc1nn(C)c2ncc(C(=O)NC3(C)CN(c4nncs4)C3)cc12. The summed E-state index contributed by atoms with van der Waals surface area (Å²) in [5.74, 6) is -0.118. The normalized spacial score (nSPS) is 16.2. The second kappa shape index (κ2) is 5.23. The minimum Gasteiger partial charge on any atom is -0.343 e. The Bertz CT molecular complexity index is 911. The molecule has 0 aliphatic carbocycles. The van der Waals surface area contributed by atoms with E-state index in [-0.39, 0.29) is 11.4 Å². The number of aromatic nitrogens is 5. The van der Waals surface area contributed by atoms with E-state index in [0.29, 0.717) is 5.56 Å². The second-order valence-electron chi connectivity index (χ2n) is 6.40. The number of nitrogens with zero attached hydrogens (tertiary/aromatic N) is 6. The maximum atomic E-state index is 12.6. The molecule has 4 heterocycles. The fourth-order valence-electron chi connectivity index (χ4n) is 3.09. The molecule has 124 valence electrons. The molecule has 0 atom stereocenters. The molecule has 1 aliphatic rings. The van der Waals surface area contributed by atoms with Crippen molar-refractivity contribution in [3.8, 4) is 0 Å². The number of pyridine rings is 1. The van der Waals surface area contributed by atoms with E-state index in [4.69, 9.17) is 0 Å². The third kappa shape index (κ3) is 2.41. The van der Waals surface area contributed by atoms with Gasteiger partial charge in [0, 0.05) is 31.7 Å². The van der Waals surface area contributed by atoms with Crippen molar-refractivity contribution in [1.82, 2.24) is 30.3 Å². The lowest BCUT2D eigenvalue weighted by atomic mass is 9.92. The zero-order chi connectivity index (χ0) is 16.9. The van der Waals surface area contributed by atoms with Gasteiger partial charge in [0.15, 0.2) is 5.65 Å². The molecule has 0 radical (unpaired) electrons. The van der Waals surface area contributed by atoms with Gasteiger partial charge in [0.1, 0.15) is 5.51 Å². The predicted octanol–water partition coefficient (Wildman–Crippen LogP) is 1.14. The summed E-state index contributed by atoms with van der Waals surface area (Å²) >= 11 is 1.50. The summed E-state index contributed by atoms with van der Waals surface area (Å²) in [4.78, 5) is 19.1. The number of carbonyl (C=O) groups excluding carboxylic acids is 1. The summed E-state index contributed by atoms with van der Waals surface area (Å²) in [5, 5.41) is 17.1. The van der Waals surface area contributed by atoms with Gasteiger partial charge in [0.25, 0.3) is 5.91 Å². The lowest BCUT2D eigenvalue weighted by molar-refractivity contribution is 0.0889. The number of carbonyl (C=O) groups is 1. The maximum absolute atomic E-state index is 12.6. The van der Waals surface area contributed by atoms with E-state index in [1.165, 1.54) is 11.3 Å². The van der Waals surface area contributed by atoms with Crippen LogP contribution in [-0.4, -0.2) is 49.5 Å². The van der Waals surface area contributed by atoms with Crippen LogP contribution in [0.4, 0.5) is 5.13 Å². The molecule has 1 N–H and O–H groups in total. The zero-order valence-electron chi connectivity index (χ0n) is 13.6. The molecule has 9 heteroatoms. The maximum Gasteiger partial charge on any atom is 0.253 e. The molecule has 1 amide bonds. The molecule has 0 aromatic carbocycles. The van der Waals surface area contributed by atoms with Crippen molar-refractivity contribution in [2.75, 3.05) is 18.0 Å². The third-order valence-electron chi connectivity index (χ3n) is 4.24. The first-order valence-electron chi connectivity index (χ1n) is 7.58. The average Bonchev–Trinajstić information content (AvgIpc) is 3.14. The van der Waals surface area contributed by atoms with Crippen molar-refractivity contribution in [3.63, 3.8) is 0 Å². The second-order valence-corrected chi connectivity index (χ2v) is 7.21. The highest BCUT2D eigenvalue weighted by molar-refractivity contribution is 7.13. The summed E-state index contributed by atoms with van der Waals surface area (Å²) in [6, 6.07) is 1.85. The van der Waals surface area contributed by atoms with E-state index in [1.807, 2.05) is 27.0 Å². The molecule has 4 rings (SSSR count). The van der Waals surface area contributed by atoms with Crippen LogP contribution < -0.4 is 10.2 Å². The first kappa shape index (κ1) is 15.0. The molecule has 3 aromatic heterocycles. The monoisotopic (exact) mass is 343 g/mol. The number of hydrogen-bond donors (Lipinski definition) is 1. The minimum atomic E-state index is -0.276. The summed E-state index contributed by atoms with van der Waals surface area (Å²) < 4.78 is 1.72. The molecule has 0 saturated carbocycles. The third-order valence-corrected chi connectivity index (χ3v) is 4.99. The van der Waals surface area contributed by atoms with E-state index in [0.717, 1.165) is 34.9 Å². The number of amides is 1. The summed E-state index contributed by atoms with van der Waals surface area (Å²) in [6.07, 6.45) is 1.60. The average molecular weight is 343 g/mol. The Morgan fingerprint density at radius 1 is 1.42 bits per heavy atom. The first-order chi connectivity index (χ1) is 11.5. The van der Waals surface area contributed by atoms with Crippen LogP contribution in [0.3, 0.4) is 0 Å². The molecular formula is C15H17N7OS. The Hall–Kier alpha value is -2.55. The van der Waals surface area contributed by atoms with Crippen molar-refractivity contribution in [3.05, 3.63) is 29.0 Å². The van der Waals surface area contributed by atoms with Gasteiger partial charge in [-0.3, -0.25) is 9.48 Å². The molecule has 3 aromatic rings. The Labute approximate surface area is 142 Å². The smallest absolute Gasteiger partial charge is 0.253 e. The van der Waals surface area contributed by atoms with Crippen LogP contribution >= 0.6 is 11.3 Å². The highest BCUT2D eigenvalue weighted by Crippen LogP contribution is 2.28. The van der Waals surface area contributed by atoms with Crippen LogP contribution in [0.2, 0.25) is 0 Å². The van der Waals surface area contributed by atoms with E-state index in [1.54, 1.807) is 16.4 Å². The first-order valence-corrected chi connectivity index (χ1v) is 8.46. The van der Waals surface area contributed by atoms with Crippen molar-refractivity contribution in [2.24, 2.45) is 7.05 Å². The van der Waals surface area contributed by atoms with Crippen molar-refractivity contribution < 1.29 is 4.79 Å². The minimum absolute atomic E-state index is 0.118. The van der Waals surface area contributed by atoms with Crippen LogP contribution in [0.1, 0.15) is 23.0 Å². The summed E-state index contributed by atoms with van der Waals surface area (Å²) in [7, 11) is 1.85. The number of anilines is 1. The lowest BCUT2D eigenvalue weighted by Crippen LogP contribution is -2.68. The van der Waals surface area contributed by atoms with Gasteiger partial charge in [-0.15, -0.1) is 10.2 Å². The number of fused-ring (bicyclic) bond motifs is 1. The fourth-order valence-corrected chi connectivity index (χ4v) is 3.65. The van der Waals surface area contributed by atoms with Gasteiger partial charge < -0.3 is 10.2 Å². The Kier molecular flexibility index (Phi) is 3.27. The molecule has 0 unspecified atom stereocenters. The zero-order valence-corrected chi connectivity index (χ0v) is 14.5. The lowest BCUT2D eigenvalue weighted by Gasteiger charge is -2.48. The summed E-state index contributed by atoms with van der Waals surface area (Å²) in [5.41, 5.74) is 3.63. The van der Waals surface area contributed by atoms with Crippen molar-refractivity contribution in [2.45, 2.75) is 19.4 Å². The van der Waals surface area contributed by atoms with Crippen LogP contribution in [0, 0.1) is 6.92 Å². The van der Waals surface area contributed by atoms with Gasteiger partial charge in [0.05, 0.1) is 16.8 Å². The number of hydrogen-bond acceptors (Lipinski definition) is 7. The molecule has 1 saturated heterocycles. The quantitative estimate of drug-likeness (QED) is 0.767. The predicted molar refractivity (Wildman–Crippen MR) is 91.2 cm³/mol. The fraction of sp³-hybridized carbons (Fsp3) is 0.400. The van der Waals surface area contributed by atoms with Crippen molar-refractivity contribution >= 4 is 33.4 Å². The Balaban J connectivity index is 1.49. The van der Waals surface area contributed by atoms with Gasteiger partial charge in [-0.1, -0.05) is 11.3 Å². The van der Waals surface area contributed by atoms with Crippen LogP contribution in [0.15, 0.2) is 17.8 Å². The topological polar surface area (TPSA) is 88.8 Å². The van der Waals surface area contributed by atoms with Gasteiger partial charge in [-0.05, 0) is 19.9 Å². The molecule has 1 fully saturated rings. The van der Waals surface area contributed by atoms with E-state index in [9.17, 15) is 4.79 Å². The Morgan fingerprint density at radius 2 is 2.21 bits per heavy atom. The highest BCUT2D eigenvalue weighted by Gasteiger charge is 2.41. The summed E-state index contributed by atoms with van der Waals surface area (Å²) in [6.45, 7) is 5.38. The molecule has 0 bridgehead atoms. The molecule has 0 spiro atoms. The van der Waals surface area contributed by atoms with Crippen molar-refractivity contribution in [1.29, 1.82) is 0 Å². The van der Waals surface area contributed by atoms with Gasteiger partial charge >= 0.3 is 0 Å². The molecule has 1 aliphatic heterocycles. The number of rotatable bonds is 3. The number of aryl methyl sites for hydroxylation is 2. The van der Waals surface area contributed by atoms with Gasteiger partial charge in [-0.25, -0.2) is 4.98 Å². The molecular weight excluding hydrogens is 326 g/mol. The van der Waals surface area contributed by atoms with E-state index in [2.05, 4.69) is 30.5 Å². The van der Waals surface area contributed by atoms with Crippen LogP contribution in [-0.2, 0) is 7.05 Å². The molecule has 8 nitrogen and oxygen atoms in total. The largest absolute Gasteiger partial charge is 0.343 e. The van der Waals surface area contributed by atoms with Crippen LogP contribution in [0.25, 0.3) is 11.0 Å². The Morgan fingerprint density at radius 3 is 2.92 bits per heavy atom.